The summed E-state index contributed by atoms with van der Waals surface area (Å²) >= 11 is 2.67. The quantitative estimate of drug-likeness (QED) is 0.517. The molecule has 126 valence electrons. The number of thiazole rings is 1. The number of nitrogens with one attached hydrogen (secondary N) is 1. The molecule has 0 aliphatic carbocycles. The highest BCUT2D eigenvalue weighted by Gasteiger charge is 2.27. The number of carbonyl (C=O) groups excluding carboxylic acids is 1. The summed E-state index contributed by atoms with van der Waals surface area (Å²) in [5.74, 6) is -2.32. The number of nitrogens with zero attached hydrogens (tertiary/aromatic N) is 2. The van der Waals surface area contributed by atoms with E-state index in [2.05, 4.69) is 10.3 Å². The summed E-state index contributed by atoms with van der Waals surface area (Å²) in [7, 11) is 0. The Morgan fingerprint density at radius 2 is 2.00 bits per heavy atom. The number of amides is 1. The van der Waals surface area contributed by atoms with Gasteiger partial charge in [-0.1, -0.05) is 12.1 Å². The first kappa shape index (κ1) is 16.7. The molecule has 0 unspecified atom stereocenters. The first-order valence-corrected chi connectivity index (χ1v) is 8.54. The van der Waals surface area contributed by atoms with Gasteiger partial charge >= 0.3 is 5.97 Å². The van der Waals surface area contributed by atoms with Gasteiger partial charge in [-0.05, 0) is 17.5 Å². The van der Waals surface area contributed by atoms with Gasteiger partial charge < -0.3 is 5.11 Å². The molecular formula is C15H9N3O5S2. The second-order valence-corrected chi connectivity index (χ2v) is 6.54. The van der Waals surface area contributed by atoms with Gasteiger partial charge in [0.1, 0.15) is 5.56 Å². The zero-order valence-corrected chi connectivity index (χ0v) is 14.0. The third-order valence-electron chi connectivity index (χ3n) is 3.20. The maximum absolute atomic E-state index is 12.4. The van der Waals surface area contributed by atoms with Crippen molar-refractivity contribution in [3.8, 4) is 10.6 Å². The number of aromatic nitrogens is 1. The lowest BCUT2D eigenvalue weighted by atomic mass is 10.0. The van der Waals surface area contributed by atoms with Crippen LogP contribution in [-0.4, -0.2) is 26.9 Å². The van der Waals surface area contributed by atoms with Crippen molar-refractivity contribution in [1.82, 2.24) is 4.98 Å². The number of carbonyl (C=O) groups is 2. The molecule has 2 aromatic heterocycles. The monoisotopic (exact) mass is 375 g/mol. The molecule has 0 bridgehead atoms. The normalized spacial score (nSPS) is 10.4. The molecular weight excluding hydrogens is 366 g/mol. The van der Waals surface area contributed by atoms with Crippen LogP contribution in [0.4, 0.5) is 10.8 Å². The number of aromatic carboxylic acids is 1. The molecule has 0 saturated carbocycles. The van der Waals surface area contributed by atoms with E-state index in [9.17, 15) is 24.8 Å². The number of benzene rings is 1. The van der Waals surface area contributed by atoms with Gasteiger partial charge in [-0.2, -0.15) is 0 Å². The van der Waals surface area contributed by atoms with Crippen LogP contribution in [0.25, 0.3) is 10.6 Å². The Hall–Kier alpha value is -3.11. The van der Waals surface area contributed by atoms with E-state index in [-0.39, 0.29) is 10.7 Å². The van der Waals surface area contributed by atoms with E-state index in [0.717, 1.165) is 10.9 Å². The van der Waals surface area contributed by atoms with Crippen molar-refractivity contribution in [2.24, 2.45) is 0 Å². The van der Waals surface area contributed by atoms with Gasteiger partial charge in [0.05, 0.1) is 21.1 Å². The molecule has 0 fully saturated rings. The molecule has 8 nitrogen and oxygen atoms in total. The number of carboxylic acid groups (broad SMARTS) is 1. The van der Waals surface area contributed by atoms with Gasteiger partial charge in [0, 0.05) is 11.4 Å². The Morgan fingerprint density at radius 1 is 1.20 bits per heavy atom. The highest BCUT2D eigenvalue weighted by molar-refractivity contribution is 7.16. The SMILES string of the molecule is O=C(Nc1nc(-c2cccs2)cs1)c1cccc([N+](=O)[O-])c1C(=O)O. The predicted molar refractivity (Wildman–Crippen MR) is 93.4 cm³/mol. The van der Waals surface area contributed by atoms with Crippen LogP contribution in [0.1, 0.15) is 20.7 Å². The lowest BCUT2D eigenvalue weighted by Crippen LogP contribution is -2.17. The molecule has 0 radical (unpaired) electrons. The summed E-state index contributed by atoms with van der Waals surface area (Å²) in [6.07, 6.45) is 0. The summed E-state index contributed by atoms with van der Waals surface area (Å²) in [6.45, 7) is 0. The zero-order valence-electron chi connectivity index (χ0n) is 12.3. The average Bonchev–Trinajstić information content (AvgIpc) is 3.24. The molecule has 3 aromatic rings. The molecule has 0 saturated heterocycles. The highest BCUT2D eigenvalue weighted by Crippen LogP contribution is 2.29. The Morgan fingerprint density at radius 3 is 2.64 bits per heavy atom. The molecule has 3 rings (SSSR count). The molecule has 1 amide bonds. The van der Waals surface area contributed by atoms with E-state index in [1.165, 1.54) is 34.8 Å². The van der Waals surface area contributed by atoms with Crippen molar-refractivity contribution in [3.05, 3.63) is 62.3 Å². The third kappa shape index (κ3) is 3.39. The Kier molecular flexibility index (Phi) is 4.55. The first-order valence-electron chi connectivity index (χ1n) is 6.79. The second kappa shape index (κ2) is 6.79. The van der Waals surface area contributed by atoms with E-state index >= 15 is 0 Å². The second-order valence-electron chi connectivity index (χ2n) is 4.73. The summed E-state index contributed by atoms with van der Waals surface area (Å²) in [4.78, 5) is 39.1. The number of hydrogen-bond acceptors (Lipinski definition) is 7. The van der Waals surface area contributed by atoms with Gasteiger partial charge in [0.15, 0.2) is 5.13 Å². The molecule has 1 aromatic carbocycles. The van der Waals surface area contributed by atoms with Crippen LogP contribution in [0.2, 0.25) is 0 Å². The van der Waals surface area contributed by atoms with Crippen LogP contribution >= 0.6 is 22.7 Å². The molecule has 2 heterocycles. The van der Waals surface area contributed by atoms with Gasteiger partial charge in [-0.15, -0.1) is 22.7 Å². The van der Waals surface area contributed by atoms with E-state index in [1.54, 1.807) is 5.38 Å². The van der Waals surface area contributed by atoms with E-state index in [4.69, 9.17) is 0 Å². The van der Waals surface area contributed by atoms with E-state index < -0.39 is 28.1 Å². The van der Waals surface area contributed by atoms with Crippen LogP contribution in [0.15, 0.2) is 41.1 Å². The Bertz CT molecular complexity index is 965. The van der Waals surface area contributed by atoms with E-state index in [0.29, 0.717) is 5.69 Å². The lowest BCUT2D eigenvalue weighted by molar-refractivity contribution is -0.385. The fourth-order valence-electron chi connectivity index (χ4n) is 2.14. The minimum atomic E-state index is -1.55. The average molecular weight is 375 g/mol. The van der Waals surface area contributed by atoms with Gasteiger partial charge in [-0.3, -0.25) is 20.2 Å². The summed E-state index contributed by atoms with van der Waals surface area (Å²) in [5.41, 5.74) is -0.902. The van der Waals surface area contributed by atoms with Crippen molar-refractivity contribution < 1.29 is 19.6 Å². The van der Waals surface area contributed by atoms with Crippen LogP contribution in [0.3, 0.4) is 0 Å². The summed E-state index contributed by atoms with van der Waals surface area (Å²) in [5, 5.41) is 26.7. The lowest BCUT2D eigenvalue weighted by Gasteiger charge is -2.06. The van der Waals surface area contributed by atoms with E-state index in [1.807, 2.05) is 17.5 Å². The van der Waals surface area contributed by atoms with Gasteiger partial charge in [-0.25, -0.2) is 9.78 Å². The molecule has 10 heteroatoms. The largest absolute Gasteiger partial charge is 0.477 e. The topological polar surface area (TPSA) is 122 Å². The number of carboxylic acids is 1. The Labute approximate surface area is 148 Å². The molecule has 0 spiro atoms. The van der Waals surface area contributed by atoms with Crippen molar-refractivity contribution >= 4 is 45.4 Å². The standard InChI is InChI=1S/C15H9N3O5S2/c19-13(8-3-1-4-10(18(22)23)12(8)14(20)21)17-15-16-9(7-25-15)11-5-2-6-24-11/h1-7H,(H,20,21)(H,16,17,19). The van der Waals surface area contributed by atoms with Crippen LogP contribution in [-0.2, 0) is 0 Å². The maximum atomic E-state index is 12.4. The molecule has 25 heavy (non-hydrogen) atoms. The number of hydrogen-bond donors (Lipinski definition) is 2. The fraction of sp³-hybridized carbons (Fsp3) is 0. The Balaban J connectivity index is 1.90. The number of nitro benzene ring substituents is 1. The minimum absolute atomic E-state index is 0.274. The summed E-state index contributed by atoms with van der Waals surface area (Å²) in [6, 6.07) is 7.28. The van der Waals surface area contributed by atoms with Crippen molar-refractivity contribution in [1.29, 1.82) is 0 Å². The van der Waals surface area contributed by atoms with Crippen LogP contribution in [0.5, 0.6) is 0 Å². The molecule has 2 N–H and O–H groups in total. The zero-order chi connectivity index (χ0) is 18.0. The number of rotatable bonds is 5. The van der Waals surface area contributed by atoms with Crippen molar-refractivity contribution in [3.63, 3.8) is 0 Å². The third-order valence-corrected chi connectivity index (χ3v) is 4.85. The van der Waals surface area contributed by atoms with Crippen LogP contribution in [0, 0.1) is 10.1 Å². The number of anilines is 1. The molecule has 0 aliphatic heterocycles. The molecule has 0 aliphatic rings. The fourth-order valence-corrected chi connectivity index (χ4v) is 3.61. The number of nitro groups is 1. The van der Waals surface area contributed by atoms with Crippen LogP contribution < -0.4 is 5.32 Å². The van der Waals surface area contributed by atoms with Gasteiger partial charge in [0.25, 0.3) is 11.6 Å². The smallest absolute Gasteiger partial charge is 0.343 e. The predicted octanol–water partition coefficient (Wildman–Crippen LogP) is 3.73. The minimum Gasteiger partial charge on any atom is -0.477 e. The van der Waals surface area contributed by atoms with Gasteiger partial charge in [0.2, 0.25) is 0 Å². The van der Waals surface area contributed by atoms with Crippen molar-refractivity contribution in [2.45, 2.75) is 0 Å². The molecule has 0 atom stereocenters. The number of thiophene rings is 1. The van der Waals surface area contributed by atoms with Crippen molar-refractivity contribution in [2.75, 3.05) is 5.32 Å². The first-order chi connectivity index (χ1) is 12.0. The maximum Gasteiger partial charge on any atom is 0.343 e. The summed E-state index contributed by atoms with van der Waals surface area (Å²) < 4.78 is 0. The highest BCUT2D eigenvalue weighted by atomic mass is 32.1.